The number of benzene rings is 1. The number of hydrogen-bond donors (Lipinski definition) is 0. The third-order valence-corrected chi connectivity index (χ3v) is 3.18. The lowest BCUT2D eigenvalue weighted by Crippen LogP contribution is -2.09. The van der Waals surface area contributed by atoms with E-state index in [1.165, 1.54) is 5.56 Å². The zero-order valence-corrected chi connectivity index (χ0v) is 11.4. The summed E-state index contributed by atoms with van der Waals surface area (Å²) >= 11 is 0. The second kappa shape index (κ2) is 6.75. The van der Waals surface area contributed by atoms with Gasteiger partial charge < -0.3 is 0 Å². The van der Waals surface area contributed by atoms with E-state index >= 15 is 0 Å². The summed E-state index contributed by atoms with van der Waals surface area (Å²) in [5.74, 6) is 0. The van der Waals surface area contributed by atoms with E-state index < -0.39 is 0 Å². The van der Waals surface area contributed by atoms with Crippen molar-refractivity contribution in [2.24, 2.45) is 5.41 Å². The van der Waals surface area contributed by atoms with Crippen molar-refractivity contribution in [2.75, 3.05) is 0 Å². The second-order valence-corrected chi connectivity index (χ2v) is 5.01. The van der Waals surface area contributed by atoms with Gasteiger partial charge in [-0.2, -0.15) is 0 Å². The molecule has 2 rings (SSSR count). The molecule has 0 N–H and O–H groups in total. The summed E-state index contributed by atoms with van der Waals surface area (Å²) in [6, 6.07) is 10.3. The maximum Gasteiger partial charge on any atom is 0.00734 e. The molecule has 96 valence electrons. The minimum Gasteiger partial charge on any atom is -0.0834 e. The first-order valence-corrected chi connectivity index (χ1v) is 6.71. The molecule has 0 bridgehead atoms. The summed E-state index contributed by atoms with van der Waals surface area (Å²) in [7, 11) is 0. The molecule has 1 atom stereocenters. The minimum absolute atomic E-state index is 0.169. The molecule has 0 nitrogen and oxygen atoms in total. The van der Waals surface area contributed by atoms with Crippen molar-refractivity contribution < 1.29 is 0 Å². The molecule has 1 aromatic carbocycles. The molecule has 0 amide bonds. The topological polar surface area (TPSA) is 0 Å². The van der Waals surface area contributed by atoms with E-state index in [9.17, 15) is 0 Å². The molecule has 0 heterocycles. The third kappa shape index (κ3) is 4.59. The fourth-order valence-electron chi connectivity index (χ4n) is 2.00. The zero-order chi connectivity index (χ0) is 13.4. The molecule has 1 unspecified atom stereocenters. The first-order valence-electron chi connectivity index (χ1n) is 6.71. The summed E-state index contributed by atoms with van der Waals surface area (Å²) in [5, 5.41) is 0. The SMILES string of the molecule is CC1(/C=C/C=C/C=C/c2ccccc2)C=CC=CC1. The molecule has 0 heteroatoms. The van der Waals surface area contributed by atoms with Gasteiger partial charge in [-0.1, -0.05) is 98.0 Å². The fraction of sp³-hybridized carbons (Fsp3) is 0.158. The Morgan fingerprint density at radius 1 is 0.947 bits per heavy atom. The standard InChI is InChI=1S/C19H20/c1-19(16-10-5-11-17-19)15-9-3-2-6-12-18-13-7-4-8-14-18/h2-16H,17H2,1H3/b3-2+,12-6+,15-9+. The molecule has 0 spiro atoms. The maximum absolute atomic E-state index is 2.25. The van der Waals surface area contributed by atoms with Gasteiger partial charge in [0.25, 0.3) is 0 Å². The van der Waals surface area contributed by atoms with Gasteiger partial charge in [-0.15, -0.1) is 0 Å². The average molecular weight is 248 g/mol. The normalized spacial score (nSPS) is 23.0. The highest BCUT2D eigenvalue weighted by Crippen LogP contribution is 2.28. The Hall–Kier alpha value is -2.08. The van der Waals surface area contributed by atoms with Crippen LogP contribution in [-0.2, 0) is 0 Å². The Morgan fingerprint density at radius 3 is 2.47 bits per heavy atom. The predicted octanol–water partition coefficient (Wildman–Crippen LogP) is 5.33. The molecule has 1 aliphatic carbocycles. The van der Waals surface area contributed by atoms with Gasteiger partial charge in [-0.05, 0) is 12.0 Å². The molecule has 19 heavy (non-hydrogen) atoms. The lowest BCUT2D eigenvalue weighted by molar-refractivity contribution is 0.556. The van der Waals surface area contributed by atoms with Gasteiger partial charge in [0.2, 0.25) is 0 Å². The van der Waals surface area contributed by atoms with Crippen molar-refractivity contribution in [1.29, 1.82) is 0 Å². The van der Waals surface area contributed by atoms with Gasteiger partial charge in [0.1, 0.15) is 0 Å². The van der Waals surface area contributed by atoms with E-state index in [1.807, 2.05) is 18.2 Å². The van der Waals surface area contributed by atoms with Crippen LogP contribution >= 0.6 is 0 Å². The summed E-state index contributed by atoms with van der Waals surface area (Å²) in [4.78, 5) is 0. The predicted molar refractivity (Wildman–Crippen MR) is 84.8 cm³/mol. The van der Waals surface area contributed by atoms with Crippen LogP contribution in [0.2, 0.25) is 0 Å². The summed E-state index contributed by atoms with van der Waals surface area (Å²) in [5.41, 5.74) is 1.39. The Kier molecular flexibility index (Phi) is 4.74. The molecule has 0 saturated carbocycles. The molecule has 1 aromatic rings. The van der Waals surface area contributed by atoms with Crippen LogP contribution in [0.3, 0.4) is 0 Å². The third-order valence-electron chi connectivity index (χ3n) is 3.18. The quantitative estimate of drug-likeness (QED) is 0.631. The molecule has 0 fully saturated rings. The first kappa shape index (κ1) is 13.4. The van der Waals surface area contributed by atoms with E-state index in [0.717, 1.165) is 6.42 Å². The Morgan fingerprint density at radius 2 is 1.74 bits per heavy atom. The zero-order valence-electron chi connectivity index (χ0n) is 11.4. The minimum atomic E-state index is 0.169. The van der Waals surface area contributed by atoms with E-state index in [4.69, 9.17) is 0 Å². The van der Waals surface area contributed by atoms with Crippen molar-refractivity contribution in [1.82, 2.24) is 0 Å². The average Bonchev–Trinajstić information content (AvgIpc) is 2.44. The molecular weight excluding hydrogens is 228 g/mol. The second-order valence-electron chi connectivity index (χ2n) is 5.01. The molecule has 0 aliphatic heterocycles. The van der Waals surface area contributed by atoms with Gasteiger partial charge >= 0.3 is 0 Å². The van der Waals surface area contributed by atoms with Crippen LogP contribution in [0, 0.1) is 5.41 Å². The maximum atomic E-state index is 2.25. The highest BCUT2D eigenvalue weighted by Gasteiger charge is 2.15. The van der Waals surface area contributed by atoms with E-state index in [0.29, 0.717) is 0 Å². The van der Waals surface area contributed by atoms with Gasteiger partial charge in [-0.3, -0.25) is 0 Å². The first-order chi connectivity index (χ1) is 9.29. The summed E-state index contributed by atoms with van der Waals surface area (Å²) in [6.07, 6.45) is 22.5. The van der Waals surface area contributed by atoms with Crippen molar-refractivity contribution >= 4 is 6.08 Å². The fourth-order valence-corrected chi connectivity index (χ4v) is 2.00. The van der Waals surface area contributed by atoms with Crippen molar-refractivity contribution in [2.45, 2.75) is 13.3 Å². The van der Waals surface area contributed by atoms with Crippen LogP contribution in [0.4, 0.5) is 0 Å². The Balaban J connectivity index is 1.85. The van der Waals surface area contributed by atoms with E-state index in [2.05, 4.69) is 79.8 Å². The van der Waals surface area contributed by atoms with Crippen molar-refractivity contribution in [3.63, 3.8) is 0 Å². The van der Waals surface area contributed by atoms with Crippen molar-refractivity contribution in [3.05, 3.63) is 90.6 Å². The molecule has 0 saturated heterocycles. The number of rotatable bonds is 4. The largest absolute Gasteiger partial charge is 0.0834 e. The van der Waals surface area contributed by atoms with E-state index in [1.54, 1.807) is 0 Å². The summed E-state index contributed by atoms with van der Waals surface area (Å²) in [6.45, 7) is 2.25. The Labute approximate surface area is 116 Å². The molecular formula is C19H20. The Bertz CT molecular complexity index is 526. The smallest absolute Gasteiger partial charge is 0.00734 e. The number of hydrogen-bond acceptors (Lipinski definition) is 0. The monoisotopic (exact) mass is 248 g/mol. The van der Waals surface area contributed by atoms with Crippen LogP contribution < -0.4 is 0 Å². The van der Waals surface area contributed by atoms with Crippen LogP contribution in [-0.4, -0.2) is 0 Å². The molecule has 0 aromatic heterocycles. The molecule has 1 aliphatic rings. The van der Waals surface area contributed by atoms with E-state index in [-0.39, 0.29) is 5.41 Å². The van der Waals surface area contributed by atoms with Gasteiger partial charge in [0.15, 0.2) is 0 Å². The molecule has 0 radical (unpaired) electrons. The number of allylic oxidation sites excluding steroid dienone is 9. The van der Waals surface area contributed by atoms with Gasteiger partial charge in [-0.25, -0.2) is 0 Å². The highest BCUT2D eigenvalue weighted by molar-refractivity contribution is 5.50. The van der Waals surface area contributed by atoms with Crippen LogP contribution in [0.5, 0.6) is 0 Å². The van der Waals surface area contributed by atoms with Crippen LogP contribution in [0.15, 0.2) is 85.0 Å². The summed E-state index contributed by atoms with van der Waals surface area (Å²) < 4.78 is 0. The van der Waals surface area contributed by atoms with Gasteiger partial charge in [0, 0.05) is 5.41 Å². The lowest BCUT2D eigenvalue weighted by atomic mass is 9.83. The van der Waals surface area contributed by atoms with Crippen LogP contribution in [0.1, 0.15) is 18.9 Å². The highest BCUT2D eigenvalue weighted by atomic mass is 14.2. The van der Waals surface area contributed by atoms with Crippen LogP contribution in [0.25, 0.3) is 6.08 Å². The van der Waals surface area contributed by atoms with Gasteiger partial charge in [0.05, 0.1) is 0 Å². The lowest BCUT2D eigenvalue weighted by Gasteiger charge is -2.21. The van der Waals surface area contributed by atoms with Crippen molar-refractivity contribution in [3.8, 4) is 0 Å².